The number of urea groups is 1. The van der Waals surface area contributed by atoms with E-state index in [2.05, 4.69) is 5.32 Å². The Labute approximate surface area is 223 Å². The molecule has 4 amide bonds. The predicted molar refractivity (Wildman–Crippen MR) is 140 cm³/mol. The molecule has 0 atom stereocenters. The van der Waals surface area contributed by atoms with Gasteiger partial charge in [0.05, 0.1) is 19.4 Å². The van der Waals surface area contributed by atoms with E-state index in [1.807, 2.05) is 6.92 Å². The number of hydrogen-bond donors (Lipinski definition) is 1. The molecule has 1 aliphatic rings. The monoisotopic (exact) mass is 540 g/mol. The number of methoxy groups -OCH3 is 1. The molecular weight excluding hydrogens is 519 g/mol. The summed E-state index contributed by atoms with van der Waals surface area (Å²) < 4.78 is 16.6. The smallest absolute Gasteiger partial charge is 0.335 e. The van der Waals surface area contributed by atoms with Crippen molar-refractivity contribution in [3.8, 4) is 17.2 Å². The van der Waals surface area contributed by atoms with Crippen LogP contribution in [-0.2, 0) is 16.2 Å². The number of imide groups is 2. The van der Waals surface area contributed by atoms with Gasteiger partial charge < -0.3 is 14.2 Å². The van der Waals surface area contributed by atoms with Crippen LogP contribution in [0.25, 0.3) is 6.08 Å². The molecule has 1 aliphatic heterocycles. The molecule has 8 nitrogen and oxygen atoms in total. The fraction of sp³-hybridized carbons (Fsp3) is 0.148. The van der Waals surface area contributed by atoms with Crippen LogP contribution < -0.4 is 24.4 Å². The molecule has 0 saturated carbocycles. The molecule has 1 heterocycles. The summed E-state index contributed by atoms with van der Waals surface area (Å²) in [5.74, 6) is -0.0792. The van der Waals surface area contributed by atoms with Crippen molar-refractivity contribution in [3.05, 3.63) is 87.4 Å². The first-order valence-corrected chi connectivity index (χ1v) is 12.0. The number of hydrogen-bond acceptors (Lipinski definition) is 6. The second-order valence-corrected chi connectivity index (χ2v) is 8.66. The van der Waals surface area contributed by atoms with Crippen molar-refractivity contribution in [1.82, 2.24) is 5.32 Å². The molecule has 0 aliphatic carbocycles. The number of carbonyl (C=O) groups is 3. The van der Waals surface area contributed by atoms with Crippen LogP contribution in [0, 0.1) is 0 Å². The van der Waals surface area contributed by atoms with Gasteiger partial charge in [0.25, 0.3) is 11.8 Å². The molecule has 0 aromatic heterocycles. The molecule has 37 heavy (non-hydrogen) atoms. The molecule has 1 saturated heterocycles. The molecule has 0 spiro atoms. The van der Waals surface area contributed by atoms with Gasteiger partial charge in [0.1, 0.15) is 17.9 Å². The lowest BCUT2D eigenvalue weighted by molar-refractivity contribution is -0.122. The molecule has 1 N–H and O–H groups in total. The van der Waals surface area contributed by atoms with E-state index < -0.39 is 17.8 Å². The summed E-state index contributed by atoms with van der Waals surface area (Å²) in [6, 6.07) is 15.6. The largest absolute Gasteiger partial charge is 0.493 e. The maximum atomic E-state index is 13.2. The van der Waals surface area contributed by atoms with Crippen molar-refractivity contribution in [2.45, 2.75) is 13.5 Å². The molecule has 0 unspecified atom stereocenters. The molecule has 0 bridgehead atoms. The third kappa shape index (κ3) is 5.87. The van der Waals surface area contributed by atoms with Crippen molar-refractivity contribution in [3.63, 3.8) is 0 Å². The van der Waals surface area contributed by atoms with Gasteiger partial charge in [-0.15, -0.1) is 0 Å². The van der Waals surface area contributed by atoms with Gasteiger partial charge in [-0.05, 0) is 67.1 Å². The highest BCUT2D eigenvalue weighted by atomic mass is 35.5. The Morgan fingerprint density at radius 2 is 1.68 bits per heavy atom. The fourth-order valence-corrected chi connectivity index (χ4v) is 4.06. The summed E-state index contributed by atoms with van der Waals surface area (Å²) in [5.41, 5.74) is 1.34. The topological polar surface area (TPSA) is 94.2 Å². The average molecular weight is 541 g/mol. The Kier molecular flexibility index (Phi) is 8.01. The van der Waals surface area contributed by atoms with Crippen LogP contribution in [-0.4, -0.2) is 31.6 Å². The second-order valence-electron chi connectivity index (χ2n) is 7.82. The van der Waals surface area contributed by atoms with Gasteiger partial charge in [-0.25, -0.2) is 9.69 Å². The quantitative estimate of drug-likeness (QED) is 0.293. The molecule has 10 heteroatoms. The number of rotatable bonds is 8. The van der Waals surface area contributed by atoms with Crippen molar-refractivity contribution in [2.24, 2.45) is 0 Å². The molecule has 4 rings (SSSR count). The van der Waals surface area contributed by atoms with Crippen LogP contribution in [0.1, 0.15) is 18.1 Å². The maximum absolute atomic E-state index is 13.2. The minimum absolute atomic E-state index is 0.200. The number of nitrogens with one attached hydrogen (secondary N) is 1. The number of ether oxygens (including phenoxy) is 3. The Morgan fingerprint density at radius 1 is 0.919 bits per heavy atom. The van der Waals surface area contributed by atoms with Crippen molar-refractivity contribution < 1.29 is 28.6 Å². The normalized spacial score (nSPS) is 14.5. The van der Waals surface area contributed by atoms with Crippen LogP contribution >= 0.6 is 23.2 Å². The first-order chi connectivity index (χ1) is 17.8. The van der Waals surface area contributed by atoms with Crippen LogP contribution in [0.4, 0.5) is 10.5 Å². The molecular formula is C27H22Cl2N2O6. The summed E-state index contributed by atoms with van der Waals surface area (Å²) in [5, 5.41) is 3.21. The zero-order valence-electron chi connectivity index (χ0n) is 19.9. The molecule has 0 radical (unpaired) electrons. The van der Waals surface area contributed by atoms with Gasteiger partial charge in [0, 0.05) is 15.6 Å². The summed E-state index contributed by atoms with van der Waals surface area (Å²) in [4.78, 5) is 39.2. The number of carbonyl (C=O) groups excluding carboxylic acids is 3. The fourth-order valence-electron chi connectivity index (χ4n) is 3.60. The summed E-state index contributed by atoms with van der Waals surface area (Å²) in [7, 11) is 1.51. The number of nitrogens with zero attached hydrogens (tertiary/aromatic N) is 1. The Balaban J connectivity index is 1.54. The first-order valence-electron chi connectivity index (χ1n) is 11.2. The van der Waals surface area contributed by atoms with Gasteiger partial charge in [-0.1, -0.05) is 35.3 Å². The number of amides is 4. The van der Waals surface area contributed by atoms with Crippen molar-refractivity contribution in [1.29, 1.82) is 0 Å². The van der Waals surface area contributed by atoms with Crippen LogP contribution in [0.3, 0.4) is 0 Å². The summed E-state index contributed by atoms with van der Waals surface area (Å²) >= 11 is 12.1. The zero-order chi connectivity index (χ0) is 26.5. The maximum Gasteiger partial charge on any atom is 0.335 e. The number of barbiturate groups is 1. The number of benzene rings is 3. The Hall–Kier alpha value is -4.01. The van der Waals surface area contributed by atoms with E-state index in [0.29, 0.717) is 39.5 Å². The van der Waals surface area contributed by atoms with E-state index in [0.717, 1.165) is 10.5 Å². The molecule has 1 fully saturated rings. The minimum Gasteiger partial charge on any atom is -0.493 e. The lowest BCUT2D eigenvalue weighted by Crippen LogP contribution is -2.54. The highest BCUT2D eigenvalue weighted by Crippen LogP contribution is 2.30. The first kappa shape index (κ1) is 26.1. The van der Waals surface area contributed by atoms with Crippen LogP contribution in [0.15, 0.2) is 66.2 Å². The molecule has 3 aromatic carbocycles. The van der Waals surface area contributed by atoms with E-state index >= 15 is 0 Å². The van der Waals surface area contributed by atoms with Crippen molar-refractivity contribution >= 4 is 52.8 Å². The van der Waals surface area contributed by atoms with E-state index in [1.54, 1.807) is 60.7 Å². The van der Waals surface area contributed by atoms with E-state index in [9.17, 15) is 14.4 Å². The molecule has 3 aromatic rings. The van der Waals surface area contributed by atoms with E-state index in [4.69, 9.17) is 37.4 Å². The third-order valence-electron chi connectivity index (χ3n) is 5.40. The zero-order valence-corrected chi connectivity index (χ0v) is 21.4. The van der Waals surface area contributed by atoms with Gasteiger partial charge in [0.15, 0.2) is 11.5 Å². The van der Waals surface area contributed by atoms with Crippen LogP contribution in [0.5, 0.6) is 17.2 Å². The second kappa shape index (κ2) is 11.4. The third-order valence-corrected chi connectivity index (χ3v) is 5.99. The Morgan fingerprint density at radius 3 is 2.35 bits per heavy atom. The van der Waals surface area contributed by atoms with Gasteiger partial charge in [0.2, 0.25) is 0 Å². The number of anilines is 1. The highest BCUT2D eigenvalue weighted by Gasteiger charge is 2.36. The number of halogens is 2. The SMILES string of the molecule is CCOc1cc(/C=C2\C(=O)NC(=O)N(c3ccc(OCc4ccc(Cl)cc4Cl)cc3)C2=O)ccc1OC. The summed E-state index contributed by atoms with van der Waals surface area (Å²) in [6.07, 6.45) is 1.40. The standard InChI is InChI=1S/C27H22Cl2N2O6/c1-3-36-24-13-16(4-11-23(24)35-2)12-21-25(32)30-27(34)31(26(21)33)19-7-9-20(10-8-19)37-15-17-5-6-18(28)14-22(17)29/h4-14H,3,15H2,1-2H3,(H,30,32,34)/b21-12+. The summed E-state index contributed by atoms with van der Waals surface area (Å²) in [6.45, 7) is 2.44. The lowest BCUT2D eigenvalue weighted by Gasteiger charge is -2.26. The average Bonchev–Trinajstić information content (AvgIpc) is 2.87. The van der Waals surface area contributed by atoms with E-state index in [-0.39, 0.29) is 17.9 Å². The minimum atomic E-state index is -0.849. The van der Waals surface area contributed by atoms with Gasteiger partial charge >= 0.3 is 6.03 Å². The predicted octanol–water partition coefficient (Wildman–Crippen LogP) is 5.65. The van der Waals surface area contributed by atoms with Gasteiger partial charge in [-0.2, -0.15) is 0 Å². The lowest BCUT2D eigenvalue weighted by atomic mass is 10.1. The molecule has 190 valence electrons. The van der Waals surface area contributed by atoms with E-state index in [1.165, 1.54) is 13.2 Å². The Bertz CT molecular complexity index is 1390. The highest BCUT2D eigenvalue weighted by molar-refractivity contribution is 6.39. The van der Waals surface area contributed by atoms with Crippen LogP contribution in [0.2, 0.25) is 10.0 Å². The van der Waals surface area contributed by atoms with Gasteiger partial charge in [-0.3, -0.25) is 14.9 Å². The van der Waals surface area contributed by atoms with Crippen molar-refractivity contribution in [2.75, 3.05) is 18.6 Å².